The molecule has 144 valence electrons. The van der Waals surface area contributed by atoms with Crippen LogP contribution in [-0.4, -0.2) is 69.0 Å². The third-order valence-corrected chi connectivity index (χ3v) is 6.10. The zero-order chi connectivity index (χ0) is 19.3. The van der Waals surface area contributed by atoms with E-state index in [2.05, 4.69) is 10.6 Å². The summed E-state index contributed by atoms with van der Waals surface area (Å²) in [5, 5.41) is 5.24. The van der Waals surface area contributed by atoms with Crippen LogP contribution in [0.4, 0.5) is 10.5 Å². The molecule has 26 heavy (non-hydrogen) atoms. The SMILES string of the molecule is Cc1cc(C(=O)N(C)C)ccc1NC(=O)NCCS(=O)(=O)N1CCCC1. The van der Waals surface area contributed by atoms with Crippen molar-refractivity contribution in [2.45, 2.75) is 19.8 Å². The molecule has 0 atom stereocenters. The molecular weight excluding hydrogens is 356 g/mol. The van der Waals surface area contributed by atoms with E-state index in [1.807, 2.05) is 0 Å². The standard InChI is InChI=1S/C17H26N4O4S/c1-13-12-14(16(22)20(2)3)6-7-15(13)19-17(23)18-8-11-26(24,25)21-9-4-5-10-21/h6-7,12H,4-5,8-11H2,1-3H3,(H2,18,19,23). The van der Waals surface area contributed by atoms with Gasteiger partial charge >= 0.3 is 6.03 Å². The van der Waals surface area contributed by atoms with E-state index < -0.39 is 16.1 Å². The van der Waals surface area contributed by atoms with Crippen molar-refractivity contribution in [2.75, 3.05) is 44.8 Å². The third-order valence-electron chi connectivity index (χ3n) is 4.23. The number of hydrogen-bond acceptors (Lipinski definition) is 4. The number of anilines is 1. The van der Waals surface area contributed by atoms with Gasteiger partial charge in [0.25, 0.3) is 5.91 Å². The Labute approximate surface area is 154 Å². The van der Waals surface area contributed by atoms with E-state index in [0.29, 0.717) is 24.3 Å². The van der Waals surface area contributed by atoms with Crippen LogP contribution in [0, 0.1) is 6.92 Å². The maximum atomic E-state index is 12.1. The molecule has 2 rings (SSSR count). The maximum Gasteiger partial charge on any atom is 0.319 e. The van der Waals surface area contributed by atoms with Gasteiger partial charge in [-0.1, -0.05) is 0 Å². The molecule has 0 aromatic heterocycles. The quantitative estimate of drug-likeness (QED) is 0.773. The van der Waals surface area contributed by atoms with Crippen LogP contribution in [0.2, 0.25) is 0 Å². The van der Waals surface area contributed by atoms with Crippen LogP contribution in [0.25, 0.3) is 0 Å². The van der Waals surface area contributed by atoms with Crippen molar-refractivity contribution in [3.05, 3.63) is 29.3 Å². The molecule has 1 saturated heterocycles. The molecule has 0 radical (unpaired) electrons. The predicted molar refractivity (Wildman–Crippen MR) is 101 cm³/mol. The van der Waals surface area contributed by atoms with E-state index in [0.717, 1.165) is 18.4 Å². The second-order valence-electron chi connectivity index (χ2n) is 6.53. The van der Waals surface area contributed by atoms with Crippen LogP contribution in [0.15, 0.2) is 18.2 Å². The summed E-state index contributed by atoms with van der Waals surface area (Å²) in [6.07, 6.45) is 1.78. The fourth-order valence-corrected chi connectivity index (χ4v) is 4.18. The highest BCUT2D eigenvalue weighted by Crippen LogP contribution is 2.17. The Kier molecular flexibility index (Phi) is 6.60. The number of carbonyl (C=O) groups is 2. The number of nitrogens with one attached hydrogen (secondary N) is 2. The van der Waals surface area contributed by atoms with Crippen molar-refractivity contribution in [1.82, 2.24) is 14.5 Å². The Hall–Kier alpha value is -2.13. The molecule has 1 aliphatic heterocycles. The van der Waals surface area contributed by atoms with Gasteiger partial charge in [-0.15, -0.1) is 0 Å². The number of sulfonamides is 1. The molecule has 0 aliphatic carbocycles. The average molecular weight is 382 g/mol. The Morgan fingerprint density at radius 3 is 2.42 bits per heavy atom. The van der Waals surface area contributed by atoms with E-state index >= 15 is 0 Å². The number of amides is 3. The van der Waals surface area contributed by atoms with E-state index in [-0.39, 0.29) is 18.2 Å². The Balaban J connectivity index is 1.87. The second kappa shape index (κ2) is 8.50. The van der Waals surface area contributed by atoms with Crippen molar-refractivity contribution in [3.63, 3.8) is 0 Å². The van der Waals surface area contributed by atoms with Crippen LogP contribution >= 0.6 is 0 Å². The molecule has 9 heteroatoms. The topological polar surface area (TPSA) is 98.8 Å². The van der Waals surface area contributed by atoms with Gasteiger partial charge in [0.1, 0.15) is 0 Å². The minimum atomic E-state index is -3.31. The van der Waals surface area contributed by atoms with Crippen LogP contribution in [0.5, 0.6) is 0 Å². The van der Waals surface area contributed by atoms with Gasteiger partial charge in [0.05, 0.1) is 5.75 Å². The van der Waals surface area contributed by atoms with Crippen LogP contribution < -0.4 is 10.6 Å². The summed E-state index contributed by atoms with van der Waals surface area (Å²) < 4.78 is 25.7. The van der Waals surface area contributed by atoms with Gasteiger partial charge in [-0.05, 0) is 43.5 Å². The highest BCUT2D eigenvalue weighted by atomic mass is 32.2. The fourth-order valence-electron chi connectivity index (χ4n) is 2.75. The highest BCUT2D eigenvalue weighted by molar-refractivity contribution is 7.89. The molecule has 1 heterocycles. The number of aryl methyl sites for hydroxylation is 1. The van der Waals surface area contributed by atoms with E-state index in [9.17, 15) is 18.0 Å². The number of nitrogens with zero attached hydrogens (tertiary/aromatic N) is 2. The Bertz CT molecular complexity index is 771. The van der Waals surface area contributed by atoms with Gasteiger partial charge in [-0.25, -0.2) is 17.5 Å². The average Bonchev–Trinajstić information content (AvgIpc) is 3.11. The van der Waals surface area contributed by atoms with Gasteiger partial charge in [0.15, 0.2) is 0 Å². The van der Waals surface area contributed by atoms with Crippen molar-refractivity contribution < 1.29 is 18.0 Å². The summed E-state index contributed by atoms with van der Waals surface area (Å²) in [5.41, 5.74) is 1.85. The molecule has 3 amide bonds. The molecule has 2 N–H and O–H groups in total. The monoisotopic (exact) mass is 382 g/mol. The van der Waals surface area contributed by atoms with E-state index in [4.69, 9.17) is 0 Å². The molecule has 8 nitrogen and oxygen atoms in total. The number of urea groups is 1. The van der Waals surface area contributed by atoms with Crippen molar-refractivity contribution in [2.24, 2.45) is 0 Å². The fraction of sp³-hybridized carbons (Fsp3) is 0.529. The predicted octanol–water partition coefficient (Wildman–Crippen LogP) is 1.24. The second-order valence-corrected chi connectivity index (χ2v) is 8.62. The first-order chi connectivity index (χ1) is 12.2. The van der Waals surface area contributed by atoms with Gasteiger partial charge < -0.3 is 15.5 Å². The first-order valence-corrected chi connectivity index (χ1v) is 10.2. The molecule has 0 saturated carbocycles. The summed E-state index contributed by atoms with van der Waals surface area (Å²) >= 11 is 0. The Morgan fingerprint density at radius 1 is 1.19 bits per heavy atom. The van der Waals surface area contributed by atoms with Crippen LogP contribution in [0.1, 0.15) is 28.8 Å². The molecular formula is C17H26N4O4S. The smallest absolute Gasteiger partial charge is 0.319 e. The molecule has 0 spiro atoms. The minimum absolute atomic E-state index is 0.0426. The summed E-state index contributed by atoms with van der Waals surface area (Å²) in [6, 6.07) is 4.53. The van der Waals surface area contributed by atoms with Gasteiger partial charge in [-0.2, -0.15) is 0 Å². The highest BCUT2D eigenvalue weighted by Gasteiger charge is 2.24. The molecule has 0 bridgehead atoms. The number of rotatable bonds is 6. The lowest BCUT2D eigenvalue weighted by Crippen LogP contribution is -2.37. The van der Waals surface area contributed by atoms with E-state index in [1.54, 1.807) is 39.2 Å². The molecule has 1 aliphatic rings. The molecule has 1 aromatic carbocycles. The number of carbonyl (C=O) groups excluding carboxylic acids is 2. The summed E-state index contributed by atoms with van der Waals surface area (Å²) in [5.74, 6) is -0.230. The zero-order valence-corrected chi connectivity index (χ0v) is 16.2. The normalized spacial score (nSPS) is 14.9. The van der Waals surface area contributed by atoms with Crippen LogP contribution in [0.3, 0.4) is 0 Å². The van der Waals surface area contributed by atoms with Gasteiger partial charge in [0.2, 0.25) is 10.0 Å². The lowest BCUT2D eigenvalue weighted by atomic mass is 10.1. The summed E-state index contributed by atoms with van der Waals surface area (Å²) in [7, 11) is 0.0368. The first kappa shape index (κ1) is 20.2. The molecule has 1 aromatic rings. The molecule has 1 fully saturated rings. The van der Waals surface area contributed by atoms with Crippen molar-refractivity contribution in [1.29, 1.82) is 0 Å². The van der Waals surface area contributed by atoms with Gasteiger partial charge in [-0.3, -0.25) is 4.79 Å². The number of benzene rings is 1. The van der Waals surface area contributed by atoms with Gasteiger partial charge in [0, 0.05) is 45.0 Å². The third kappa shape index (κ3) is 5.18. The largest absolute Gasteiger partial charge is 0.345 e. The molecule has 0 unspecified atom stereocenters. The summed E-state index contributed by atoms with van der Waals surface area (Å²) in [6.45, 7) is 2.96. The minimum Gasteiger partial charge on any atom is -0.345 e. The van der Waals surface area contributed by atoms with Crippen molar-refractivity contribution >= 4 is 27.6 Å². The summed E-state index contributed by atoms with van der Waals surface area (Å²) in [4.78, 5) is 25.4. The maximum absolute atomic E-state index is 12.1. The zero-order valence-electron chi connectivity index (χ0n) is 15.4. The lowest BCUT2D eigenvalue weighted by molar-refractivity contribution is 0.0827. The van der Waals surface area contributed by atoms with E-state index in [1.165, 1.54) is 9.21 Å². The lowest BCUT2D eigenvalue weighted by Gasteiger charge is -2.16. The number of hydrogen-bond donors (Lipinski definition) is 2. The van der Waals surface area contributed by atoms with Crippen LogP contribution in [-0.2, 0) is 10.0 Å². The van der Waals surface area contributed by atoms with Crippen molar-refractivity contribution in [3.8, 4) is 0 Å². The first-order valence-electron chi connectivity index (χ1n) is 8.55. The Morgan fingerprint density at radius 2 is 1.85 bits per heavy atom.